The highest BCUT2D eigenvalue weighted by Crippen LogP contribution is 2.30. The lowest BCUT2D eigenvalue weighted by Crippen LogP contribution is -2.38. The monoisotopic (exact) mass is 429 g/mol. The molecule has 0 bridgehead atoms. The molecule has 2 aromatic heterocycles. The molecule has 7 heteroatoms. The maximum Gasteiger partial charge on any atom is 0.251 e. The van der Waals surface area contributed by atoms with Gasteiger partial charge in [-0.1, -0.05) is 41.6 Å². The molecule has 1 fully saturated rings. The van der Waals surface area contributed by atoms with Gasteiger partial charge in [0.2, 0.25) is 5.78 Å². The molecule has 4 aromatic rings. The second-order valence-electron chi connectivity index (χ2n) is 7.98. The number of H-pyrrole nitrogens is 1. The van der Waals surface area contributed by atoms with E-state index in [9.17, 15) is 9.59 Å². The fourth-order valence-corrected chi connectivity index (χ4v) is 4.13. The molecular formula is C25H23N3O4. The molecule has 7 nitrogen and oxygen atoms in total. The van der Waals surface area contributed by atoms with Crippen LogP contribution in [0.1, 0.15) is 44.9 Å². The number of carbonyl (C=O) groups is 2. The predicted octanol–water partition coefficient (Wildman–Crippen LogP) is 4.27. The van der Waals surface area contributed by atoms with E-state index >= 15 is 0 Å². The van der Waals surface area contributed by atoms with Gasteiger partial charge < -0.3 is 19.6 Å². The molecule has 0 spiro atoms. The first-order chi connectivity index (χ1) is 15.6. The van der Waals surface area contributed by atoms with Crippen LogP contribution >= 0.6 is 0 Å². The summed E-state index contributed by atoms with van der Waals surface area (Å²) in [6.45, 7) is 3.07. The Morgan fingerprint density at radius 1 is 1.09 bits per heavy atom. The Hall–Kier alpha value is -3.71. The number of ether oxygens (including phenoxy) is 1. The molecule has 0 radical (unpaired) electrons. The molecular weight excluding hydrogens is 406 g/mol. The molecule has 1 aliphatic rings. The minimum Gasteiger partial charge on any atom is -0.381 e. The number of rotatable bonds is 5. The van der Waals surface area contributed by atoms with Gasteiger partial charge in [0.1, 0.15) is 11.5 Å². The summed E-state index contributed by atoms with van der Waals surface area (Å²) in [6.07, 6.45) is 3.31. The van der Waals surface area contributed by atoms with E-state index in [4.69, 9.17) is 9.26 Å². The normalized spacial score (nSPS) is 14.5. The number of benzene rings is 2. The number of aromatic amines is 1. The number of hydrogen-bond acceptors (Lipinski definition) is 5. The van der Waals surface area contributed by atoms with Gasteiger partial charge in [-0.25, -0.2) is 0 Å². The molecule has 1 amide bonds. The van der Waals surface area contributed by atoms with Gasteiger partial charge in [-0.3, -0.25) is 9.59 Å². The van der Waals surface area contributed by atoms with E-state index in [-0.39, 0.29) is 17.7 Å². The number of hydrogen-bond donors (Lipinski definition) is 2. The minimum absolute atomic E-state index is 0.123. The Labute approximate surface area is 184 Å². The molecule has 0 aliphatic carbocycles. The quantitative estimate of drug-likeness (QED) is 0.462. The second kappa shape index (κ2) is 8.43. The summed E-state index contributed by atoms with van der Waals surface area (Å²) in [6, 6.07) is 15.0. The summed E-state index contributed by atoms with van der Waals surface area (Å²) in [4.78, 5) is 29.3. The molecule has 5 rings (SSSR count). The maximum absolute atomic E-state index is 13.5. The maximum atomic E-state index is 13.5. The van der Waals surface area contributed by atoms with Crippen LogP contribution in [-0.4, -0.2) is 41.1 Å². The van der Waals surface area contributed by atoms with Gasteiger partial charge >= 0.3 is 0 Å². The molecule has 3 heterocycles. The smallest absolute Gasteiger partial charge is 0.251 e. The summed E-state index contributed by atoms with van der Waals surface area (Å²) >= 11 is 0. The zero-order valence-corrected chi connectivity index (χ0v) is 17.7. The number of carbonyl (C=O) groups excluding carboxylic acids is 2. The number of aromatic nitrogens is 2. The highest BCUT2D eigenvalue weighted by Gasteiger charge is 2.25. The Morgan fingerprint density at radius 2 is 1.88 bits per heavy atom. The summed E-state index contributed by atoms with van der Waals surface area (Å²) in [5, 5.41) is 7.93. The summed E-state index contributed by atoms with van der Waals surface area (Å²) < 4.78 is 10.7. The van der Waals surface area contributed by atoms with E-state index in [2.05, 4.69) is 15.5 Å². The Kier molecular flexibility index (Phi) is 5.33. The lowest BCUT2D eigenvalue weighted by Gasteiger charge is -2.23. The van der Waals surface area contributed by atoms with Gasteiger partial charge in [0.05, 0.1) is 5.56 Å². The van der Waals surface area contributed by atoms with E-state index in [1.807, 2.05) is 36.4 Å². The van der Waals surface area contributed by atoms with Crippen molar-refractivity contribution >= 4 is 22.6 Å². The molecule has 1 saturated heterocycles. The minimum atomic E-state index is -0.173. The number of aryl methyl sites for hydroxylation is 1. The van der Waals surface area contributed by atoms with Crippen molar-refractivity contribution in [2.24, 2.45) is 0 Å². The van der Waals surface area contributed by atoms with Crippen molar-refractivity contribution in [3.8, 4) is 11.3 Å². The SMILES string of the molecule is Cc1onc(-c2ccccc2)c1C(=O)c1c[nH]c2cc(C(=O)NC3CCOCC3)ccc12. The second-order valence-corrected chi connectivity index (χ2v) is 7.98. The standard InChI is InChI=1S/C25H23N3O4/c1-15-22(23(28-32-15)16-5-3-2-4-6-16)24(29)20-14-26-21-13-17(7-8-19(20)21)25(30)27-18-9-11-31-12-10-18/h2-8,13-14,18,26H,9-12H2,1H3,(H,27,30). The van der Waals surface area contributed by atoms with Crippen molar-refractivity contribution in [1.29, 1.82) is 0 Å². The number of nitrogens with zero attached hydrogens (tertiary/aromatic N) is 1. The van der Waals surface area contributed by atoms with Gasteiger partial charge in [-0.05, 0) is 31.9 Å². The van der Waals surface area contributed by atoms with Gasteiger partial charge in [-0.15, -0.1) is 0 Å². The van der Waals surface area contributed by atoms with E-state index in [1.54, 1.807) is 25.3 Å². The van der Waals surface area contributed by atoms with E-state index < -0.39 is 0 Å². The van der Waals surface area contributed by atoms with Crippen LogP contribution in [0.4, 0.5) is 0 Å². The number of nitrogens with one attached hydrogen (secondary N) is 2. The molecule has 32 heavy (non-hydrogen) atoms. The average molecular weight is 429 g/mol. The fourth-order valence-electron chi connectivity index (χ4n) is 4.13. The Balaban J connectivity index is 1.44. The topological polar surface area (TPSA) is 97.2 Å². The summed E-state index contributed by atoms with van der Waals surface area (Å²) in [5.74, 6) is 0.173. The van der Waals surface area contributed by atoms with Crippen molar-refractivity contribution in [3.05, 3.63) is 77.2 Å². The third-order valence-corrected chi connectivity index (χ3v) is 5.88. The number of fused-ring (bicyclic) bond motifs is 1. The molecule has 2 aromatic carbocycles. The third kappa shape index (κ3) is 3.71. The van der Waals surface area contributed by atoms with Crippen molar-refractivity contribution in [2.45, 2.75) is 25.8 Å². The van der Waals surface area contributed by atoms with Gasteiger partial charge in [0.15, 0.2) is 0 Å². The molecule has 0 unspecified atom stereocenters. The van der Waals surface area contributed by atoms with Crippen LogP contribution in [0.15, 0.2) is 59.3 Å². The van der Waals surface area contributed by atoms with E-state index in [0.717, 1.165) is 29.3 Å². The van der Waals surface area contributed by atoms with Gasteiger partial charge in [0.25, 0.3) is 5.91 Å². The lowest BCUT2D eigenvalue weighted by molar-refractivity contribution is 0.0696. The van der Waals surface area contributed by atoms with Crippen molar-refractivity contribution in [1.82, 2.24) is 15.5 Å². The van der Waals surface area contributed by atoms with Crippen molar-refractivity contribution in [2.75, 3.05) is 13.2 Å². The summed E-state index contributed by atoms with van der Waals surface area (Å²) in [5.41, 5.74) is 3.58. The fraction of sp³-hybridized carbons (Fsp3) is 0.240. The average Bonchev–Trinajstić information content (AvgIpc) is 3.43. The van der Waals surface area contributed by atoms with Crippen LogP contribution < -0.4 is 5.32 Å². The van der Waals surface area contributed by atoms with Crippen molar-refractivity contribution < 1.29 is 18.8 Å². The van der Waals surface area contributed by atoms with Crippen molar-refractivity contribution in [3.63, 3.8) is 0 Å². The largest absolute Gasteiger partial charge is 0.381 e. The highest BCUT2D eigenvalue weighted by atomic mass is 16.5. The molecule has 1 aliphatic heterocycles. The number of ketones is 1. The first-order valence-electron chi connectivity index (χ1n) is 10.7. The van der Waals surface area contributed by atoms with Crippen LogP contribution in [0.2, 0.25) is 0 Å². The highest BCUT2D eigenvalue weighted by molar-refractivity contribution is 6.19. The molecule has 0 atom stereocenters. The predicted molar refractivity (Wildman–Crippen MR) is 120 cm³/mol. The van der Waals surface area contributed by atoms with Crippen LogP contribution in [0.3, 0.4) is 0 Å². The molecule has 2 N–H and O–H groups in total. The Morgan fingerprint density at radius 3 is 2.66 bits per heavy atom. The number of amides is 1. The first kappa shape index (κ1) is 20.2. The van der Waals surface area contributed by atoms with E-state index in [0.29, 0.717) is 41.4 Å². The van der Waals surface area contributed by atoms with E-state index in [1.165, 1.54) is 0 Å². The van der Waals surface area contributed by atoms with Gasteiger partial charge in [0, 0.05) is 53.0 Å². The van der Waals surface area contributed by atoms with Crippen LogP contribution in [0, 0.1) is 6.92 Å². The van der Waals surface area contributed by atoms with Crippen LogP contribution in [0.25, 0.3) is 22.2 Å². The lowest BCUT2D eigenvalue weighted by atomic mass is 9.97. The van der Waals surface area contributed by atoms with Gasteiger partial charge in [-0.2, -0.15) is 0 Å². The third-order valence-electron chi connectivity index (χ3n) is 5.88. The Bertz CT molecular complexity index is 1280. The summed E-state index contributed by atoms with van der Waals surface area (Å²) in [7, 11) is 0. The van der Waals surface area contributed by atoms with Crippen LogP contribution in [0.5, 0.6) is 0 Å². The molecule has 162 valence electrons. The zero-order chi connectivity index (χ0) is 22.1. The van der Waals surface area contributed by atoms with Crippen LogP contribution in [-0.2, 0) is 4.74 Å². The molecule has 0 saturated carbocycles. The first-order valence-corrected chi connectivity index (χ1v) is 10.7. The zero-order valence-electron chi connectivity index (χ0n) is 17.7.